The van der Waals surface area contributed by atoms with Crippen molar-refractivity contribution in [1.82, 2.24) is 9.88 Å². The number of hydrogen-bond acceptors (Lipinski definition) is 2. The molecule has 1 amide bonds. The van der Waals surface area contributed by atoms with E-state index < -0.39 is 5.97 Å². The Morgan fingerprint density at radius 3 is 2.50 bits per heavy atom. The predicted molar refractivity (Wildman–Crippen MR) is 93.8 cm³/mol. The van der Waals surface area contributed by atoms with Gasteiger partial charge in [-0.1, -0.05) is 18.2 Å². The number of carbonyl (C=O) groups is 2. The van der Waals surface area contributed by atoms with Crippen molar-refractivity contribution < 1.29 is 14.7 Å². The lowest BCUT2D eigenvalue weighted by molar-refractivity contribution is -0.137. The largest absolute Gasteiger partial charge is 0.481 e. The Morgan fingerprint density at radius 2 is 1.83 bits per heavy atom. The fourth-order valence-electron chi connectivity index (χ4n) is 2.88. The lowest BCUT2D eigenvalue weighted by atomic mass is 10.2. The number of aromatic nitrogens is 1. The van der Waals surface area contributed by atoms with Gasteiger partial charge in [-0.25, -0.2) is 0 Å². The minimum Gasteiger partial charge on any atom is -0.481 e. The number of carbonyl (C=O) groups excluding carboxylic acids is 1. The molecule has 1 aromatic carbocycles. The van der Waals surface area contributed by atoms with E-state index in [1.807, 2.05) is 38.1 Å². The third-order valence-corrected chi connectivity index (χ3v) is 4.14. The van der Waals surface area contributed by atoms with Crippen molar-refractivity contribution in [3.05, 3.63) is 52.8 Å². The van der Waals surface area contributed by atoms with Crippen LogP contribution in [0.3, 0.4) is 0 Å². The number of benzene rings is 1. The summed E-state index contributed by atoms with van der Waals surface area (Å²) in [6.07, 6.45) is 1.37. The Bertz CT molecular complexity index is 747. The molecule has 0 spiro atoms. The number of aryl methyl sites for hydroxylation is 2. The molecule has 0 saturated carbocycles. The van der Waals surface area contributed by atoms with Crippen molar-refractivity contribution in [3.63, 3.8) is 0 Å². The number of carboxylic acid groups (broad SMARTS) is 1. The fraction of sp³-hybridized carbons (Fsp3) is 0.368. The number of unbranched alkanes of at least 4 members (excludes halogenated alkanes) is 1. The number of aliphatic carboxylic acids is 1. The van der Waals surface area contributed by atoms with Crippen LogP contribution in [0.2, 0.25) is 0 Å². The van der Waals surface area contributed by atoms with Gasteiger partial charge in [-0.2, -0.15) is 0 Å². The SMILES string of the molecule is Cc1ccccc1-n1c(C)cc(C(=O)NCCCCC(=O)O)c1C. The molecule has 0 saturated heterocycles. The number of rotatable bonds is 7. The first-order chi connectivity index (χ1) is 11.4. The van der Waals surface area contributed by atoms with Gasteiger partial charge in [-0.05, 0) is 51.3 Å². The summed E-state index contributed by atoms with van der Waals surface area (Å²) in [5.74, 6) is -0.915. The van der Waals surface area contributed by atoms with Gasteiger partial charge in [0.2, 0.25) is 0 Å². The second kappa shape index (κ2) is 7.81. The van der Waals surface area contributed by atoms with Crippen LogP contribution in [0.25, 0.3) is 5.69 Å². The molecular weight excluding hydrogens is 304 g/mol. The van der Waals surface area contributed by atoms with Gasteiger partial charge >= 0.3 is 5.97 Å². The zero-order chi connectivity index (χ0) is 17.7. The number of hydrogen-bond donors (Lipinski definition) is 2. The van der Waals surface area contributed by atoms with Gasteiger partial charge in [0.1, 0.15) is 0 Å². The molecule has 0 aliphatic carbocycles. The third-order valence-electron chi connectivity index (χ3n) is 4.14. The maximum atomic E-state index is 12.4. The molecule has 0 atom stereocenters. The van der Waals surface area contributed by atoms with Gasteiger partial charge in [0.15, 0.2) is 0 Å². The summed E-state index contributed by atoms with van der Waals surface area (Å²) in [5, 5.41) is 11.5. The monoisotopic (exact) mass is 328 g/mol. The predicted octanol–water partition coefficient (Wildman–Crippen LogP) is 3.39. The van der Waals surface area contributed by atoms with E-state index >= 15 is 0 Å². The van der Waals surface area contributed by atoms with E-state index in [2.05, 4.69) is 22.9 Å². The number of nitrogens with zero attached hydrogens (tertiary/aromatic N) is 1. The van der Waals surface area contributed by atoms with Gasteiger partial charge in [-0.3, -0.25) is 9.59 Å². The first-order valence-electron chi connectivity index (χ1n) is 8.16. The highest BCUT2D eigenvalue weighted by Gasteiger charge is 2.17. The summed E-state index contributed by atoms with van der Waals surface area (Å²) in [6.45, 7) is 6.47. The Hall–Kier alpha value is -2.56. The van der Waals surface area contributed by atoms with Crippen molar-refractivity contribution in [2.24, 2.45) is 0 Å². The first-order valence-corrected chi connectivity index (χ1v) is 8.16. The van der Waals surface area contributed by atoms with Crippen molar-refractivity contribution in [3.8, 4) is 5.69 Å². The molecule has 0 unspecified atom stereocenters. The Kier molecular flexibility index (Phi) is 5.79. The van der Waals surface area contributed by atoms with Crippen LogP contribution >= 0.6 is 0 Å². The minimum atomic E-state index is -0.803. The smallest absolute Gasteiger partial charge is 0.303 e. The van der Waals surface area contributed by atoms with E-state index in [-0.39, 0.29) is 12.3 Å². The molecule has 0 fully saturated rings. The van der Waals surface area contributed by atoms with Crippen LogP contribution in [0.1, 0.15) is 46.6 Å². The number of para-hydroxylation sites is 1. The highest BCUT2D eigenvalue weighted by atomic mass is 16.4. The fourth-order valence-corrected chi connectivity index (χ4v) is 2.88. The van der Waals surface area contributed by atoms with Gasteiger partial charge in [-0.15, -0.1) is 0 Å². The zero-order valence-corrected chi connectivity index (χ0v) is 14.4. The van der Waals surface area contributed by atoms with E-state index in [9.17, 15) is 9.59 Å². The van der Waals surface area contributed by atoms with Crippen LogP contribution in [0.5, 0.6) is 0 Å². The van der Waals surface area contributed by atoms with Crippen LogP contribution in [0, 0.1) is 20.8 Å². The van der Waals surface area contributed by atoms with Gasteiger partial charge in [0.05, 0.1) is 5.56 Å². The van der Waals surface area contributed by atoms with Crippen LogP contribution in [0.4, 0.5) is 0 Å². The molecule has 1 heterocycles. The molecule has 128 valence electrons. The first kappa shape index (κ1) is 17.8. The summed E-state index contributed by atoms with van der Waals surface area (Å²) in [5.41, 5.74) is 4.81. The average Bonchev–Trinajstić information content (AvgIpc) is 2.82. The Morgan fingerprint density at radius 1 is 1.12 bits per heavy atom. The van der Waals surface area contributed by atoms with Crippen LogP contribution < -0.4 is 5.32 Å². The van der Waals surface area contributed by atoms with Crippen LogP contribution in [0.15, 0.2) is 30.3 Å². The molecule has 24 heavy (non-hydrogen) atoms. The van der Waals surface area contributed by atoms with Crippen molar-refractivity contribution in [2.75, 3.05) is 6.54 Å². The second-order valence-electron chi connectivity index (χ2n) is 6.01. The molecule has 1 aromatic heterocycles. The molecule has 0 aliphatic heterocycles. The second-order valence-corrected chi connectivity index (χ2v) is 6.01. The Labute approximate surface area is 142 Å². The van der Waals surface area contributed by atoms with E-state index in [4.69, 9.17) is 5.11 Å². The highest BCUT2D eigenvalue weighted by Crippen LogP contribution is 2.23. The summed E-state index contributed by atoms with van der Waals surface area (Å²) in [6, 6.07) is 9.98. The molecule has 5 nitrogen and oxygen atoms in total. The lowest BCUT2D eigenvalue weighted by Gasteiger charge is -2.12. The molecule has 2 aromatic rings. The number of carboxylic acids is 1. The molecule has 2 rings (SSSR count). The maximum absolute atomic E-state index is 12.4. The molecule has 5 heteroatoms. The van der Waals surface area contributed by atoms with Gasteiger partial charge in [0, 0.05) is 30.0 Å². The maximum Gasteiger partial charge on any atom is 0.303 e. The molecule has 0 aliphatic rings. The molecule has 0 radical (unpaired) electrons. The van der Waals surface area contributed by atoms with Crippen molar-refractivity contribution in [1.29, 1.82) is 0 Å². The average molecular weight is 328 g/mol. The minimum absolute atomic E-state index is 0.113. The van der Waals surface area contributed by atoms with E-state index in [1.54, 1.807) is 0 Å². The quantitative estimate of drug-likeness (QED) is 0.765. The standard InChI is InChI=1S/C19H24N2O3/c1-13-8-4-5-9-17(13)21-14(2)12-16(15(21)3)19(24)20-11-7-6-10-18(22)23/h4-5,8-9,12H,6-7,10-11H2,1-3H3,(H,20,24)(H,22,23). The number of nitrogens with one attached hydrogen (secondary N) is 1. The van der Waals surface area contributed by atoms with Crippen LogP contribution in [-0.4, -0.2) is 28.1 Å². The lowest BCUT2D eigenvalue weighted by Crippen LogP contribution is -2.25. The van der Waals surface area contributed by atoms with E-state index in [0.717, 1.165) is 22.6 Å². The zero-order valence-electron chi connectivity index (χ0n) is 14.4. The summed E-state index contributed by atoms with van der Waals surface area (Å²) in [4.78, 5) is 22.9. The van der Waals surface area contributed by atoms with Crippen molar-refractivity contribution in [2.45, 2.75) is 40.0 Å². The van der Waals surface area contributed by atoms with Crippen LogP contribution in [-0.2, 0) is 4.79 Å². The van der Waals surface area contributed by atoms with Gasteiger partial charge < -0.3 is 15.0 Å². The van der Waals surface area contributed by atoms with E-state index in [0.29, 0.717) is 24.9 Å². The summed E-state index contributed by atoms with van der Waals surface area (Å²) >= 11 is 0. The normalized spacial score (nSPS) is 10.6. The highest BCUT2D eigenvalue weighted by molar-refractivity contribution is 5.95. The molecular formula is C19H24N2O3. The molecule has 0 bridgehead atoms. The summed E-state index contributed by atoms with van der Waals surface area (Å²) < 4.78 is 2.09. The van der Waals surface area contributed by atoms with Gasteiger partial charge in [0.25, 0.3) is 5.91 Å². The topological polar surface area (TPSA) is 71.3 Å². The summed E-state index contributed by atoms with van der Waals surface area (Å²) in [7, 11) is 0. The third kappa shape index (κ3) is 4.04. The van der Waals surface area contributed by atoms with Crippen molar-refractivity contribution >= 4 is 11.9 Å². The Balaban J connectivity index is 2.10. The molecule has 2 N–H and O–H groups in total. The number of amides is 1. The van der Waals surface area contributed by atoms with E-state index in [1.165, 1.54) is 0 Å².